The number of pyridine rings is 1. The van der Waals surface area contributed by atoms with Crippen molar-refractivity contribution in [2.24, 2.45) is 0 Å². The number of nitrogens with zero attached hydrogens (tertiary/aromatic N) is 1. The van der Waals surface area contributed by atoms with Crippen molar-refractivity contribution in [2.45, 2.75) is 0 Å². The van der Waals surface area contributed by atoms with E-state index in [1.807, 2.05) is 66.8 Å². The monoisotopic (exact) mass is 627 g/mol. The van der Waals surface area contributed by atoms with Gasteiger partial charge in [0, 0.05) is 0 Å². The van der Waals surface area contributed by atoms with E-state index in [1.165, 1.54) is 0 Å². The minimum atomic E-state index is 0.176. The van der Waals surface area contributed by atoms with Gasteiger partial charge in [0.1, 0.15) is 11.5 Å². The molecule has 0 radical (unpaired) electrons. The number of aromatic hydroxyl groups is 2. The summed E-state index contributed by atoms with van der Waals surface area (Å²) in [7, 11) is 0. The molecule has 0 aliphatic heterocycles. The van der Waals surface area contributed by atoms with Crippen LogP contribution in [0.4, 0.5) is 0 Å². The van der Waals surface area contributed by atoms with Gasteiger partial charge in [-0.1, -0.05) is 18.2 Å². The van der Waals surface area contributed by atoms with Gasteiger partial charge in [-0.25, -0.2) is 4.98 Å². The first-order valence-electron chi connectivity index (χ1n) is 8.03. The summed E-state index contributed by atoms with van der Waals surface area (Å²) >= 11 is 13.3. The highest BCUT2D eigenvalue weighted by Crippen LogP contribution is 2.34. The molecule has 142 valence electrons. The van der Waals surface area contributed by atoms with Crippen LogP contribution >= 0.6 is 63.7 Å². The lowest BCUT2D eigenvalue weighted by atomic mass is 10.1. The molecule has 0 unspecified atom stereocenters. The second-order valence-electron chi connectivity index (χ2n) is 5.82. The standard InChI is InChI=1S/C21H13Br4NO2/c22-16-8-12(9-17(23)20(16)27)4-6-14-2-1-3-15(26-14)7-5-13-10-18(24)21(28)19(25)11-13/h1-11,27-28H/b6-4+,7-5+. The molecule has 0 saturated carbocycles. The molecular formula is C21H13Br4NO2. The number of phenolic OH excluding ortho intramolecular Hbond substituents is 2. The van der Waals surface area contributed by atoms with Gasteiger partial charge in [-0.3, -0.25) is 0 Å². The van der Waals surface area contributed by atoms with E-state index in [0.717, 1.165) is 22.5 Å². The largest absolute Gasteiger partial charge is 0.506 e. The van der Waals surface area contributed by atoms with E-state index in [2.05, 4.69) is 68.7 Å². The smallest absolute Gasteiger partial charge is 0.143 e. The fourth-order valence-corrected chi connectivity index (χ4v) is 4.82. The molecule has 7 heteroatoms. The highest BCUT2D eigenvalue weighted by molar-refractivity contribution is 9.11. The van der Waals surface area contributed by atoms with E-state index in [4.69, 9.17) is 0 Å². The Morgan fingerprint density at radius 2 is 0.964 bits per heavy atom. The van der Waals surface area contributed by atoms with E-state index in [-0.39, 0.29) is 11.5 Å². The molecule has 0 saturated heterocycles. The molecule has 3 rings (SSSR count). The fourth-order valence-electron chi connectivity index (χ4n) is 2.38. The molecule has 2 N–H and O–H groups in total. The quantitative estimate of drug-likeness (QED) is 0.308. The first kappa shape index (κ1) is 21.3. The highest BCUT2D eigenvalue weighted by atomic mass is 79.9. The predicted octanol–water partition coefficient (Wildman–Crippen LogP) is 7.88. The van der Waals surface area contributed by atoms with Crippen LogP contribution in [0.15, 0.2) is 60.4 Å². The molecule has 0 spiro atoms. The zero-order chi connectivity index (χ0) is 20.3. The third kappa shape index (κ3) is 5.35. The van der Waals surface area contributed by atoms with Gasteiger partial charge in [-0.2, -0.15) is 0 Å². The van der Waals surface area contributed by atoms with Crippen LogP contribution in [0.1, 0.15) is 22.5 Å². The van der Waals surface area contributed by atoms with Gasteiger partial charge in [0.05, 0.1) is 29.3 Å². The van der Waals surface area contributed by atoms with Crippen molar-refractivity contribution in [2.75, 3.05) is 0 Å². The average molecular weight is 631 g/mol. The lowest BCUT2D eigenvalue weighted by Crippen LogP contribution is -1.85. The first-order valence-corrected chi connectivity index (χ1v) is 11.2. The summed E-state index contributed by atoms with van der Waals surface area (Å²) in [5, 5.41) is 19.6. The van der Waals surface area contributed by atoms with Crippen molar-refractivity contribution in [3.8, 4) is 11.5 Å². The molecule has 0 bridgehead atoms. The Kier molecular flexibility index (Phi) is 7.15. The molecule has 0 aliphatic carbocycles. The summed E-state index contributed by atoms with van der Waals surface area (Å²) in [6, 6.07) is 13.1. The second kappa shape index (κ2) is 9.39. The van der Waals surface area contributed by atoms with E-state index >= 15 is 0 Å². The van der Waals surface area contributed by atoms with Gasteiger partial charge in [0.25, 0.3) is 0 Å². The summed E-state index contributed by atoms with van der Waals surface area (Å²) in [5.41, 5.74) is 3.49. The van der Waals surface area contributed by atoms with Crippen LogP contribution < -0.4 is 0 Å². The van der Waals surface area contributed by atoms with Gasteiger partial charge < -0.3 is 10.2 Å². The number of hydrogen-bond acceptors (Lipinski definition) is 3. The molecule has 0 amide bonds. The van der Waals surface area contributed by atoms with E-state index in [1.54, 1.807) is 0 Å². The lowest BCUT2D eigenvalue weighted by molar-refractivity contribution is 0.468. The van der Waals surface area contributed by atoms with Crippen molar-refractivity contribution in [3.63, 3.8) is 0 Å². The van der Waals surface area contributed by atoms with Crippen molar-refractivity contribution >= 4 is 88.0 Å². The number of hydrogen-bond donors (Lipinski definition) is 2. The Labute approximate surface area is 196 Å². The molecule has 3 aromatic rings. The average Bonchev–Trinajstić information content (AvgIpc) is 2.67. The number of halogens is 4. The summed E-state index contributed by atoms with van der Waals surface area (Å²) in [6.45, 7) is 0. The summed E-state index contributed by atoms with van der Waals surface area (Å²) in [6.07, 6.45) is 7.69. The molecule has 2 aromatic carbocycles. The molecule has 28 heavy (non-hydrogen) atoms. The Hall–Kier alpha value is -1.41. The third-order valence-corrected chi connectivity index (χ3v) is 6.18. The predicted molar refractivity (Wildman–Crippen MR) is 129 cm³/mol. The van der Waals surface area contributed by atoms with Crippen LogP contribution in [0.3, 0.4) is 0 Å². The van der Waals surface area contributed by atoms with Gasteiger partial charge in [0.15, 0.2) is 0 Å². The van der Waals surface area contributed by atoms with Crippen LogP contribution in [0.5, 0.6) is 11.5 Å². The number of rotatable bonds is 4. The molecule has 0 fully saturated rings. The Morgan fingerprint density at radius 3 is 1.32 bits per heavy atom. The molecule has 1 aromatic heterocycles. The van der Waals surface area contributed by atoms with Gasteiger partial charge in [-0.05, 0) is 123 Å². The Morgan fingerprint density at radius 1 is 0.607 bits per heavy atom. The molecular weight excluding hydrogens is 618 g/mol. The number of aromatic nitrogens is 1. The van der Waals surface area contributed by atoms with Crippen molar-refractivity contribution in [1.82, 2.24) is 4.98 Å². The van der Waals surface area contributed by atoms with E-state index < -0.39 is 0 Å². The Balaban J connectivity index is 1.81. The normalized spacial score (nSPS) is 11.6. The van der Waals surface area contributed by atoms with Crippen LogP contribution in [0, 0.1) is 0 Å². The van der Waals surface area contributed by atoms with Crippen LogP contribution in [-0.4, -0.2) is 15.2 Å². The number of phenols is 2. The lowest BCUT2D eigenvalue weighted by Gasteiger charge is -2.03. The first-order chi connectivity index (χ1) is 13.3. The molecule has 1 heterocycles. The SMILES string of the molecule is Oc1c(Br)cc(/C=C/c2cccc(/C=C/c3cc(Br)c(O)c(Br)c3)n2)cc1Br. The molecule has 3 nitrogen and oxygen atoms in total. The van der Waals surface area contributed by atoms with Crippen molar-refractivity contribution < 1.29 is 10.2 Å². The summed E-state index contributed by atoms with van der Waals surface area (Å²) in [5.74, 6) is 0.352. The van der Waals surface area contributed by atoms with Crippen molar-refractivity contribution in [3.05, 3.63) is 82.9 Å². The van der Waals surface area contributed by atoms with E-state index in [9.17, 15) is 10.2 Å². The van der Waals surface area contributed by atoms with Crippen molar-refractivity contribution in [1.29, 1.82) is 0 Å². The summed E-state index contributed by atoms with van der Waals surface area (Å²) in [4.78, 5) is 4.61. The van der Waals surface area contributed by atoms with Crippen LogP contribution in [0.25, 0.3) is 24.3 Å². The zero-order valence-electron chi connectivity index (χ0n) is 14.2. The molecule has 0 atom stereocenters. The topological polar surface area (TPSA) is 53.4 Å². The molecule has 0 aliphatic rings. The fraction of sp³-hybridized carbons (Fsp3) is 0. The van der Waals surface area contributed by atoms with Gasteiger partial charge >= 0.3 is 0 Å². The maximum Gasteiger partial charge on any atom is 0.143 e. The highest BCUT2D eigenvalue weighted by Gasteiger charge is 2.05. The number of benzene rings is 2. The Bertz CT molecular complexity index is 965. The third-order valence-electron chi connectivity index (χ3n) is 3.76. The maximum absolute atomic E-state index is 9.80. The summed E-state index contributed by atoms with van der Waals surface area (Å²) < 4.78 is 2.49. The second-order valence-corrected chi connectivity index (χ2v) is 9.24. The minimum absolute atomic E-state index is 0.176. The maximum atomic E-state index is 9.80. The van der Waals surface area contributed by atoms with Gasteiger partial charge in [0.2, 0.25) is 0 Å². The van der Waals surface area contributed by atoms with Crippen LogP contribution in [-0.2, 0) is 0 Å². The van der Waals surface area contributed by atoms with Gasteiger partial charge in [-0.15, -0.1) is 0 Å². The zero-order valence-corrected chi connectivity index (χ0v) is 20.5. The van der Waals surface area contributed by atoms with E-state index in [0.29, 0.717) is 17.9 Å². The van der Waals surface area contributed by atoms with Crippen LogP contribution in [0.2, 0.25) is 0 Å². The minimum Gasteiger partial charge on any atom is -0.506 e.